The molecule has 0 aliphatic rings. The summed E-state index contributed by atoms with van der Waals surface area (Å²) in [7, 11) is 0. The van der Waals surface area contributed by atoms with Gasteiger partial charge in [0, 0.05) is 17.3 Å². The predicted molar refractivity (Wildman–Crippen MR) is 73.2 cm³/mol. The number of hydrogen-bond donors (Lipinski definition) is 2. The summed E-state index contributed by atoms with van der Waals surface area (Å²) in [5.41, 5.74) is 7.45. The Kier molecular flexibility index (Phi) is 3.58. The lowest BCUT2D eigenvalue weighted by molar-refractivity contribution is -0.118. The zero-order chi connectivity index (χ0) is 13.1. The highest BCUT2D eigenvalue weighted by Crippen LogP contribution is 2.17. The van der Waals surface area contributed by atoms with Gasteiger partial charge in [-0.1, -0.05) is 19.9 Å². The molecule has 4 heteroatoms. The third-order valence-corrected chi connectivity index (χ3v) is 2.89. The molecule has 0 aliphatic carbocycles. The van der Waals surface area contributed by atoms with Gasteiger partial charge < -0.3 is 11.1 Å². The van der Waals surface area contributed by atoms with E-state index in [4.69, 9.17) is 5.73 Å². The molecule has 1 heterocycles. The number of benzene rings is 1. The van der Waals surface area contributed by atoms with Crippen LogP contribution in [0.5, 0.6) is 0 Å². The first-order chi connectivity index (χ1) is 8.58. The number of nitrogens with two attached hydrogens (primary N) is 1. The normalized spacial score (nSPS) is 12.7. The van der Waals surface area contributed by atoms with E-state index in [9.17, 15) is 4.79 Å². The summed E-state index contributed by atoms with van der Waals surface area (Å²) in [6.45, 7) is 3.85. The second-order valence-electron chi connectivity index (χ2n) is 4.67. The Morgan fingerprint density at radius 2 is 2.11 bits per heavy atom. The molecule has 0 aliphatic heterocycles. The third kappa shape index (κ3) is 2.65. The fraction of sp³-hybridized carbons (Fsp3) is 0.286. The number of carbonyl (C=O) groups excluding carboxylic acids is 1. The first-order valence-corrected chi connectivity index (χ1v) is 5.99. The average Bonchev–Trinajstić information content (AvgIpc) is 2.37. The van der Waals surface area contributed by atoms with E-state index in [0.29, 0.717) is 0 Å². The number of hydrogen-bond acceptors (Lipinski definition) is 3. The van der Waals surface area contributed by atoms with E-state index < -0.39 is 6.04 Å². The van der Waals surface area contributed by atoms with Crippen LogP contribution >= 0.6 is 0 Å². The molecule has 94 valence electrons. The molecule has 0 saturated carbocycles. The smallest absolute Gasteiger partial charge is 0.241 e. The highest BCUT2D eigenvalue weighted by molar-refractivity contribution is 5.96. The van der Waals surface area contributed by atoms with Gasteiger partial charge in [-0.15, -0.1) is 0 Å². The number of pyridine rings is 1. The van der Waals surface area contributed by atoms with Crippen LogP contribution in [0.25, 0.3) is 10.9 Å². The van der Waals surface area contributed by atoms with Crippen LogP contribution in [0.2, 0.25) is 0 Å². The second kappa shape index (κ2) is 5.14. The minimum absolute atomic E-state index is 0.118. The van der Waals surface area contributed by atoms with E-state index in [2.05, 4.69) is 10.3 Å². The number of aromatic nitrogens is 1. The van der Waals surface area contributed by atoms with Crippen molar-refractivity contribution in [2.45, 2.75) is 19.9 Å². The van der Waals surface area contributed by atoms with Crippen molar-refractivity contribution >= 4 is 22.5 Å². The molecule has 0 bridgehead atoms. The SMILES string of the molecule is CC(C)C(N)C(=O)Nc1ccc2ncccc2c1. The maximum Gasteiger partial charge on any atom is 0.241 e. The standard InChI is InChI=1S/C14H17N3O/c1-9(2)13(15)14(18)17-11-5-6-12-10(8-11)4-3-7-16-12/h3-9,13H,15H2,1-2H3,(H,17,18). The lowest BCUT2D eigenvalue weighted by Gasteiger charge is -2.15. The van der Waals surface area contributed by atoms with Crippen molar-refractivity contribution in [2.75, 3.05) is 5.32 Å². The van der Waals surface area contributed by atoms with Crippen LogP contribution < -0.4 is 11.1 Å². The minimum atomic E-state index is -0.491. The van der Waals surface area contributed by atoms with Crippen LogP contribution in [0.1, 0.15) is 13.8 Å². The molecule has 1 amide bonds. The van der Waals surface area contributed by atoms with Gasteiger partial charge in [0.1, 0.15) is 0 Å². The molecule has 2 rings (SSSR count). The Hall–Kier alpha value is -1.94. The predicted octanol–water partition coefficient (Wildman–Crippen LogP) is 2.16. The van der Waals surface area contributed by atoms with Gasteiger partial charge in [-0.2, -0.15) is 0 Å². The van der Waals surface area contributed by atoms with Crippen LogP contribution in [0.4, 0.5) is 5.69 Å². The van der Waals surface area contributed by atoms with Crippen molar-refractivity contribution in [3.63, 3.8) is 0 Å². The van der Waals surface area contributed by atoms with E-state index in [1.807, 2.05) is 44.2 Å². The summed E-state index contributed by atoms with van der Waals surface area (Å²) in [6.07, 6.45) is 1.75. The first-order valence-electron chi connectivity index (χ1n) is 5.99. The zero-order valence-electron chi connectivity index (χ0n) is 10.6. The van der Waals surface area contributed by atoms with E-state index in [-0.39, 0.29) is 11.8 Å². The fourth-order valence-corrected chi connectivity index (χ4v) is 1.68. The molecule has 1 atom stereocenters. The third-order valence-electron chi connectivity index (χ3n) is 2.89. The highest BCUT2D eigenvalue weighted by atomic mass is 16.2. The van der Waals surface area contributed by atoms with Crippen LogP contribution in [-0.4, -0.2) is 16.9 Å². The van der Waals surface area contributed by atoms with Crippen molar-refractivity contribution in [3.05, 3.63) is 36.5 Å². The van der Waals surface area contributed by atoms with Crippen molar-refractivity contribution in [1.82, 2.24) is 4.98 Å². The molecule has 2 aromatic rings. The van der Waals surface area contributed by atoms with Gasteiger partial charge in [0.05, 0.1) is 11.6 Å². The number of rotatable bonds is 3. The van der Waals surface area contributed by atoms with E-state index in [1.165, 1.54) is 0 Å². The van der Waals surface area contributed by atoms with E-state index >= 15 is 0 Å². The van der Waals surface area contributed by atoms with Gasteiger partial charge >= 0.3 is 0 Å². The van der Waals surface area contributed by atoms with E-state index in [1.54, 1.807) is 6.20 Å². The highest BCUT2D eigenvalue weighted by Gasteiger charge is 2.17. The Bertz CT molecular complexity index is 566. The summed E-state index contributed by atoms with van der Waals surface area (Å²) >= 11 is 0. The summed E-state index contributed by atoms with van der Waals surface area (Å²) in [5, 5.41) is 3.82. The van der Waals surface area contributed by atoms with Crippen LogP contribution in [-0.2, 0) is 4.79 Å². The zero-order valence-corrected chi connectivity index (χ0v) is 10.6. The average molecular weight is 243 g/mol. The molecule has 0 radical (unpaired) electrons. The second-order valence-corrected chi connectivity index (χ2v) is 4.67. The Labute approximate surface area is 106 Å². The van der Waals surface area contributed by atoms with Crippen LogP contribution in [0.15, 0.2) is 36.5 Å². The van der Waals surface area contributed by atoms with Gasteiger partial charge in [-0.25, -0.2) is 0 Å². The topological polar surface area (TPSA) is 68.0 Å². The molecule has 18 heavy (non-hydrogen) atoms. The first kappa shape index (κ1) is 12.5. The van der Waals surface area contributed by atoms with Crippen molar-refractivity contribution in [3.8, 4) is 0 Å². The quantitative estimate of drug-likeness (QED) is 0.868. The summed E-state index contributed by atoms with van der Waals surface area (Å²) < 4.78 is 0. The summed E-state index contributed by atoms with van der Waals surface area (Å²) in [4.78, 5) is 16.1. The van der Waals surface area contributed by atoms with E-state index in [0.717, 1.165) is 16.6 Å². The number of fused-ring (bicyclic) bond motifs is 1. The molecule has 4 nitrogen and oxygen atoms in total. The van der Waals surface area contributed by atoms with Gasteiger partial charge in [-0.3, -0.25) is 9.78 Å². The molecule has 1 aromatic heterocycles. The molecule has 0 spiro atoms. The van der Waals surface area contributed by atoms with Gasteiger partial charge in [0.2, 0.25) is 5.91 Å². The number of carbonyl (C=O) groups is 1. The number of anilines is 1. The molecule has 0 fully saturated rings. The molecule has 3 N–H and O–H groups in total. The number of amides is 1. The number of nitrogens with one attached hydrogen (secondary N) is 1. The minimum Gasteiger partial charge on any atom is -0.325 e. The van der Waals surface area contributed by atoms with Gasteiger partial charge in [-0.05, 0) is 30.2 Å². The largest absolute Gasteiger partial charge is 0.325 e. The van der Waals surface area contributed by atoms with Crippen molar-refractivity contribution < 1.29 is 4.79 Å². The maximum atomic E-state index is 11.8. The van der Waals surface area contributed by atoms with Crippen molar-refractivity contribution in [1.29, 1.82) is 0 Å². The lowest BCUT2D eigenvalue weighted by atomic mass is 10.0. The van der Waals surface area contributed by atoms with Gasteiger partial charge in [0.15, 0.2) is 0 Å². The van der Waals surface area contributed by atoms with Crippen molar-refractivity contribution in [2.24, 2.45) is 11.7 Å². The molecule has 1 aromatic carbocycles. The summed E-state index contributed by atoms with van der Waals surface area (Å²) in [6, 6.07) is 8.95. The lowest BCUT2D eigenvalue weighted by Crippen LogP contribution is -2.39. The monoisotopic (exact) mass is 243 g/mol. The maximum absolute atomic E-state index is 11.8. The molecule has 1 unspecified atom stereocenters. The fourth-order valence-electron chi connectivity index (χ4n) is 1.68. The number of nitrogens with zero attached hydrogens (tertiary/aromatic N) is 1. The molecule has 0 saturated heterocycles. The van der Waals surface area contributed by atoms with Crippen LogP contribution in [0.3, 0.4) is 0 Å². The molecular weight excluding hydrogens is 226 g/mol. The van der Waals surface area contributed by atoms with Gasteiger partial charge in [0.25, 0.3) is 0 Å². The Morgan fingerprint density at radius 3 is 2.83 bits per heavy atom. The summed E-state index contributed by atoms with van der Waals surface area (Å²) in [5.74, 6) is -0.0413. The molecular formula is C14H17N3O. The Balaban J connectivity index is 2.19. The Morgan fingerprint density at radius 1 is 1.33 bits per heavy atom. The van der Waals surface area contributed by atoms with Crippen LogP contribution in [0, 0.1) is 5.92 Å².